The molecule has 0 fully saturated rings. The van der Waals surface area contributed by atoms with Crippen LogP contribution in [0.4, 0.5) is 11.4 Å². The summed E-state index contributed by atoms with van der Waals surface area (Å²) in [6.07, 6.45) is 0. The van der Waals surface area contributed by atoms with E-state index >= 15 is 0 Å². The molecule has 0 amide bonds. The summed E-state index contributed by atoms with van der Waals surface area (Å²) >= 11 is 5.97. The molecule has 4 aromatic rings. The summed E-state index contributed by atoms with van der Waals surface area (Å²) in [5.74, 6) is 0. The zero-order valence-corrected chi connectivity index (χ0v) is 18.1. The summed E-state index contributed by atoms with van der Waals surface area (Å²) in [6, 6.07) is 16.9. The summed E-state index contributed by atoms with van der Waals surface area (Å²) in [7, 11) is 1.55. The Morgan fingerprint density at radius 1 is 0.935 bits per heavy atom. The van der Waals surface area contributed by atoms with Gasteiger partial charge in [-0.05, 0) is 50.2 Å². The van der Waals surface area contributed by atoms with Crippen molar-refractivity contribution in [2.75, 3.05) is 5.32 Å². The molecule has 1 N–H and O–H groups in total. The average molecular weight is 437 g/mol. The predicted molar refractivity (Wildman–Crippen MR) is 124 cm³/mol. The third-order valence-corrected chi connectivity index (χ3v) is 5.36. The number of aromatic nitrogens is 3. The SMILES string of the molecule is CC(C)n1c(=O)c2c(Nc3ccc(Cl)cc3)cc(=O)n(C)c2n(-c2ccccc2)c1=O. The van der Waals surface area contributed by atoms with Crippen LogP contribution >= 0.6 is 11.6 Å². The van der Waals surface area contributed by atoms with E-state index in [-0.39, 0.29) is 22.6 Å². The minimum atomic E-state index is -0.502. The molecule has 2 aromatic heterocycles. The van der Waals surface area contributed by atoms with Gasteiger partial charge in [0.15, 0.2) is 0 Å². The Morgan fingerprint density at radius 3 is 2.19 bits per heavy atom. The second-order valence-corrected chi connectivity index (χ2v) is 7.94. The highest BCUT2D eigenvalue weighted by Crippen LogP contribution is 2.24. The van der Waals surface area contributed by atoms with Gasteiger partial charge in [-0.25, -0.2) is 9.36 Å². The molecule has 0 saturated carbocycles. The first-order chi connectivity index (χ1) is 14.8. The Hall–Kier alpha value is -3.58. The van der Waals surface area contributed by atoms with Gasteiger partial charge in [-0.15, -0.1) is 0 Å². The van der Waals surface area contributed by atoms with Crippen LogP contribution in [0.3, 0.4) is 0 Å². The average Bonchev–Trinajstić information content (AvgIpc) is 2.73. The van der Waals surface area contributed by atoms with Gasteiger partial charge >= 0.3 is 5.69 Å². The molecule has 0 bridgehead atoms. The molecule has 0 unspecified atom stereocenters. The number of rotatable bonds is 4. The molecule has 0 atom stereocenters. The number of benzene rings is 2. The monoisotopic (exact) mass is 436 g/mol. The number of hydrogen-bond donors (Lipinski definition) is 1. The van der Waals surface area contributed by atoms with Gasteiger partial charge in [0.2, 0.25) is 0 Å². The molecule has 158 valence electrons. The molecule has 7 nitrogen and oxygen atoms in total. The number of hydrogen-bond acceptors (Lipinski definition) is 4. The molecular weight excluding hydrogens is 416 g/mol. The van der Waals surface area contributed by atoms with Crippen molar-refractivity contribution in [2.45, 2.75) is 19.9 Å². The van der Waals surface area contributed by atoms with Crippen LogP contribution in [-0.4, -0.2) is 13.7 Å². The van der Waals surface area contributed by atoms with Gasteiger partial charge in [-0.3, -0.25) is 18.7 Å². The quantitative estimate of drug-likeness (QED) is 0.527. The smallest absolute Gasteiger partial charge is 0.337 e. The zero-order chi connectivity index (χ0) is 22.3. The third-order valence-electron chi connectivity index (χ3n) is 5.10. The number of halogens is 1. The van der Waals surface area contributed by atoms with Crippen LogP contribution in [0, 0.1) is 0 Å². The predicted octanol–water partition coefficient (Wildman–Crippen LogP) is 3.83. The maximum absolute atomic E-state index is 13.5. The molecule has 0 aliphatic rings. The maximum Gasteiger partial charge on any atom is 0.337 e. The van der Waals surface area contributed by atoms with Gasteiger partial charge in [0.05, 0.1) is 11.4 Å². The van der Waals surface area contributed by atoms with Gasteiger partial charge in [0, 0.05) is 29.9 Å². The molecule has 0 radical (unpaired) electrons. The fourth-order valence-electron chi connectivity index (χ4n) is 3.62. The second kappa shape index (κ2) is 7.92. The van der Waals surface area contributed by atoms with Crippen molar-refractivity contribution in [3.8, 4) is 5.69 Å². The molecule has 2 heterocycles. The van der Waals surface area contributed by atoms with Crippen LogP contribution in [0.25, 0.3) is 16.7 Å². The lowest BCUT2D eigenvalue weighted by atomic mass is 10.2. The minimum absolute atomic E-state index is 0.224. The molecule has 31 heavy (non-hydrogen) atoms. The number of nitrogens with one attached hydrogen (secondary N) is 1. The van der Waals surface area contributed by atoms with Gasteiger partial charge in [-0.2, -0.15) is 0 Å². The minimum Gasteiger partial charge on any atom is -0.355 e. The standard InChI is InChI=1S/C23H21ClN4O3/c1-14(2)27-22(30)20-18(25-16-11-9-15(24)10-12-16)13-19(29)26(3)21(20)28(23(27)31)17-7-5-4-6-8-17/h4-14,25H,1-3H3. The Morgan fingerprint density at radius 2 is 1.58 bits per heavy atom. The maximum atomic E-state index is 13.5. The molecule has 4 rings (SSSR count). The summed E-state index contributed by atoms with van der Waals surface area (Å²) < 4.78 is 3.93. The first kappa shape index (κ1) is 20.7. The zero-order valence-electron chi connectivity index (χ0n) is 17.3. The lowest BCUT2D eigenvalue weighted by Crippen LogP contribution is -2.42. The fraction of sp³-hybridized carbons (Fsp3) is 0.174. The molecule has 2 aromatic carbocycles. The van der Waals surface area contributed by atoms with E-state index in [1.807, 2.05) is 6.07 Å². The highest BCUT2D eigenvalue weighted by atomic mass is 35.5. The van der Waals surface area contributed by atoms with E-state index < -0.39 is 11.2 Å². The Kier molecular flexibility index (Phi) is 5.29. The Balaban J connectivity index is 2.17. The number of fused-ring (bicyclic) bond motifs is 1. The Bertz CT molecular complexity index is 1450. The van der Waals surface area contributed by atoms with Gasteiger partial charge in [-0.1, -0.05) is 29.8 Å². The highest BCUT2D eigenvalue weighted by molar-refractivity contribution is 6.30. The summed E-state index contributed by atoms with van der Waals surface area (Å²) in [6.45, 7) is 3.55. The fourth-order valence-corrected chi connectivity index (χ4v) is 3.74. The van der Waals surface area contributed by atoms with Crippen molar-refractivity contribution < 1.29 is 0 Å². The number of anilines is 2. The van der Waals surface area contributed by atoms with Crippen LogP contribution in [0.5, 0.6) is 0 Å². The molecule has 0 saturated heterocycles. The summed E-state index contributed by atoms with van der Waals surface area (Å²) in [5, 5.41) is 3.96. The van der Waals surface area contributed by atoms with Crippen LogP contribution in [0.15, 0.2) is 75.0 Å². The van der Waals surface area contributed by atoms with Crippen LogP contribution in [-0.2, 0) is 7.05 Å². The van der Waals surface area contributed by atoms with Crippen molar-refractivity contribution in [2.24, 2.45) is 7.05 Å². The van der Waals surface area contributed by atoms with E-state index in [0.717, 1.165) is 0 Å². The van der Waals surface area contributed by atoms with Crippen molar-refractivity contribution in [3.63, 3.8) is 0 Å². The van der Waals surface area contributed by atoms with E-state index in [1.165, 1.54) is 19.8 Å². The van der Waals surface area contributed by atoms with Crippen LogP contribution in [0.2, 0.25) is 5.02 Å². The van der Waals surface area contributed by atoms with E-state index in [9.17, 15) is 14.4 Å². The molecule has 0 aliphatic carbocycles. The van der Waals surface area contributed by atoms with Crippen molar-refractivity contribution in [1.82, 2.24) is 13.7 Å². The van der Waals surface area contributed by atoms with Crippen LogP contribution < -0.4 is 22.1 Å². The van der Waals surface area contributed by atoms with Gasteiger partial charge < -0.3 is 5.32 Å². The summed E-state index contributed by atoms with van der Waals surface area (Å²) in [4.78, 5) is 39.7. The molecular formula is C23H21ClN4O3. The Labute approximate surface area is 182 Å². The molecule has 0 aliphatic heterocycles. The van der Waals surface area contributed by atoms with Crippen LogP contribution in [0.1, 0.15) is 19.9 Å². The largest absolute Gasteiger partial charge is 0.355 e. The lowest BCUT2D eigenvalue weighted by molar-refractivity contribution is 0.539. The van der Waals surface area contributed by atoms with Crippen molar-refractivity contribution >= 4 is 34.0 Å². The number of pyridine rings is 1. The second-order valence-electron chi connectivity index (χ2n) is 7.51. The first-order valence-electron chi connectivity index (χ1n) is 9.79. The lowest BCUT2D eigenvalue weighted by Gasteiger charge is -2.20. The molecule has 8 heteroatoms. The topological polar surface area (TPSA) is 78.0 Å². The number of nitrogens with zero attached hydrogens (tertiary/aromatic N) is 3. The van der Waals surface area contributed by atoms with E-state index in [0.29, 0.717) is 22.1 Å². The van der Waals surface area contributed by atoms with E-state index in [2.05, 4.69) is 5.32 Å². The molecule has 0 spiro atoms. The first-order valence-corrected chi connectivity index (χ1v) is 10.2. The number of para-hydroxylation sites is 1. The van der Waals surface area contributed by atoms with Crippen molar-refractivity contribution in [3.05, 3.63) is 96.9 Å². The van der Waals surface area contributed by atoms with Gasteiger partial charge in [0.1, 0.15) is 11.0 Å². The van der Waals surface area contributed by atoms with E-state index in [1.54, 1.807) is 69.4 Å². The van der Waals surface area contributed by atoms with Gasteiger partial charge in [0.25, 0.3) is 11.1 Å². The third kappa shape index (κ3) is 3.57. The van der Waals surface area contributed by atoms with E-state index in [4.69, 9.17) is 11.6 Å². The normalized spacial score (nSPS) is 11.3. The summed E-state index contributed by atoms with van der Waals surface area (Å²) in [5.41, 5.74) is 0.449. The van der Waals surface area contributed by atoms with Crippen molar-refractivity contribution in [1.29, 1.82) is 0 Å². The highest BCUT2D eigenvalue weighted by Gasteiger charge is 2.22. The number of aryl methyl sites for hydroxylation is 1.